The van der Waals surface area contributed by atoms with Gasteiger partial charge in [0.05, 0.1) is 0 Å². The van der Waals surface area contributed by atoms with E-state index in [4.69, 9.17) is 22.1 Å². The first-order valence-electron chi connectivity index (χ1n) is 5.80. The van der Waals surface area contributed by atoms with Crippen LogP contribution in [0.3, 0.4) is 0 Å². The van der Waals surface area contributed by atoms with Gasteiger partial charge in [-0.15, -0.1) is 0 Å². The number of anilines is 1. The Morgan fingerprint density at radius 3 is 2.21 bits per heavy atom. The van der Waals surface area contributed by atoms with Gasteiger partial charge in [0, 0.05) is 0 Å². The molecule has 1 heterocycles. The summed E-state index contributed by atoms with van der Waals surface area (Å²) in [7, 11) is 0. The van der Waals surface area contributed by atoms with Crippen molar-refractivity contribution in [2.75, 3.05) is 5.73 Å². The summed E-state index contributed by atoms with van der Waals surface area (Å²) in [5.74, 6) is 0.649. The summed E-state index contributed by atoms with van der Waals surface area (Å²) >= 11 is 5.68. The van der Waals surface area contributed by atoms with E-state index in [1.165, 1.54) is 5.56 Å². The Hall–Kier alpha value is -1.88. The molecule has 0 saturated heterocycles. The van der Waals surface area contributed by atoms with Gasteiger partial charge in [-0.25, -0.2) is 0 Å². The molecule has 0 aliphatic carbocycles. The second-order valence-corrected chi connectivity index (χ2v) is 5.46. The molecule has 2 N–H and O–H groups in total. The lowest BCUT2D eigenvalue weighted by Crippen LogP contribution is -2.10. The van der Waals surface area contributed by atoms with Crippen molar-refractivity contribution in [3.05, 3.63) is 35.1 Å². The Morgan fingerprint density at radius 2 is 1.68 bits per heavy atom. The highest BCUT2D eigenvalue weighted by Gasteiger charge is 2.13. The normalized spacial score (nSPS) is 11.4. The van der Waals surface area contributed by atoms with Gasteiger partial charge in [-0.05, 0) is 34.7 Å². The predicted octanol–water partition coefficient (Wildman–Crippen LogP) is 3.20. The van der Waals surface area contributed by atoms with Gasteiger partial charge in [-0.3, -0.25) is 0 Å². The maximum absolute atomic E-state index is 5.68. The minimum absolute atomic E-state index is 0.00816. The fourth-order valence-electron chi connectivity index (χ4n) is 1.52. The highest BCUT2D eigenvalue weighted by atomic mass is 35.5. The fraction of sp³-hybridized carbons (Fsp3) is 0.308. The topological polar surface area (TPSA) is 73.9 Å². The lowest BCUT2D eigenvalue weighted by Gasteiger charge is -2.18. The van der Waals surface area contributed by atoms with Crippen molar-refractivity contribution in [1.82, 2.24) is 15.0 Å². The average Bonchev–Trinajstić information content (AvgIpc) is 2.26. The van der Waals surface area contributed by atoms with Gasteiger partial charge < -0.3 is 10.5 Å². The molecule has 0 unspecified atom stereocenters. The summed E-state index contributed by atoms with van der Waals surface area (Å²) in [4.78, 5) is 11.4. The van der Waals surface area contributed by atoms with Gasteiger partial charge in [0.15, 0.2) is 0 Å². The number of hydrogen-bond donors (Lipinski definition) is 1. The molecule has 0 aliphatic heterocycles. The zero-order chi connectivity index (χ0) is 14.0. The molecule has 19 heavy (non-hydrogen) atoms. The fourth-order valence-corrected chi connectivity index (χ4v) is 1.68. The highest BCUT2D eigenvalue weighted by Crippen LogP contribution is 2.26. The Kier molecular flexibility index (Phi) is 3.57. The molecule has 0 fully saturated rings. The van der Waals surface area contributed by atoms with Crippen LogP contribution in [0.5, 0.6) is 11.8 Å². The van der Waals surface area contributed by atoms with Gasteiger partial charge in [0.25, 0.3) is 0 Å². The Balaban J connectivity index is 2.20. The number of nitrogen functional groups attached to an aromatic ring is 1. The molecule has 0 radical (unpaired) electrons. The van der Waals surface area contributed by atoms with Gasteiger partial charge in [-0.1, -0.05) is 32.9 Å². The summed E-state index contributed by atoms with van der Waals surface area (Å²) in [6.45, 7) is 6.44. The summed E-state index contributed by atoms with van der Waals surface area (Å²) in [6, 6.07) is 7.80. The van der Waals surface area contributed by atoms with E-state index in [1.807, 2.05) is 24.3 Å². The first kappa shape index (κ1) is 13.5. The summed E-state index contributed by atoms with van der Waals surface area (Å²) in [5, 5.41) is 0.00816. The SMILES string of the molecule is CC(C)(C)c1ccc(Oc2nc(N)nc(Cl)n2)cc1. The first-order valence-corrected chi connectivity index (χ1v) is 6.18. The zero-order valence-electron chi connectivity index (χ0n) is 11.0. The zero-order valence-corrected chi connectivity index (χ0v) is 11.8. The van der Waals surface area contributed by atoms with Crippen LogP contribution >= 0.6 is 11.6 Å². The van der Waals surface area contributed by atoms with Gasteiger partial charge >= 0.3 is 6.01 Å². The molecule has 0 amide bonds. The van der Waals surface area contributed by atoms with Crippen LogP contribution in [0.2, 0.25) is 5.28 Å². The van der Waals surface area contributed by atoms with Gasteiger partial charge in [-0.2, -0.15) is 15.0 Å². The van der Waals surface area contributed by atoms with Crippen LogP contribution in [0, 0.1) is 0 Å². The molecule has 0 bridgehead atoms. The van der Waals surface area contributed by atoms with E-state index < -0.39 is 0 Å². The minimum Gasteiger partial charge on any atom is -0.424 e. The van der Waals surface area contributed by atoms with E-state index in [1.54, 1.807) is 0 Å². The third-order valence-corrected chi connectivity index (χ3v) is 2.70. The number of nitrogens with two attached hydrogens (primary N) is 1. The molecule has 1 aromatic heterocycles. The molecule has 0 spiro atoms. The van der Waals surface area contributed by atoms with Crippen molar-refractivity contribution in [3.8, 4) is 11.8 Å². The molecular weight excluding hydrogens is 264 g/mol. The molecule has 6 heteroatoms. The van der Waals surface area contributed by atoms with Crippen molar-refractivity contribution in [3.63, 3.8) is 0 Å². The lowest BCUT2D eigenvalue weighted by molar-refractivity contribution is 0.440. The van der Waals surface area contributed by atoms with E-state index in [9.17, 15) is 0 Å². The van der Waals surface area contributed by atoms with E-state index in [2.05, 4.69) is 35.7 Å². The number of ether oxygens (including phenoxy) is 1. The van der Waals surface area contributed by atoms with Crippen molar-refractivity contribution >= 4 is 17.5 Å². The average molecular weight is 279 g/mol. The number of nitrogens with zero attached hydrogens (tertiary/aromatic N) is 3. The minimum atomic E-state index is 0.00816. The van der Waals surface area contributed by atoms with Crippen LogP contribution in [0.15, 0.2) is 24.3 Å². The van der Waals surface area contributed by atoms with Crippen molar-refractivity contribution in [2.24, 2.45) is 0 Å². The monoisotopic (exact) mass is 278 g/mol. The number of benzene rings is 1. The first-order chi connectivity index (χ1) is 8.84. The predicted molar refractivity (Wildman–Crippen MR) is 74.5 cm³/mol. The van der Waals surface area contributed by atoms with E-state index in [0.717, 1.165) is 0 Å². The second-order valence-electron chi connectivity index (χ2n) is 5.12. The quantitative estimate of drug-likeness (QED) is 0.913. The molecule has 5 nitrogen and oxygen atoms in total. The third-order valence-electron chi connectivity index (χ3n) is 2.53. The van der Waals surface area contributed by atoms with E-state index in [-0.39, 0.29) is 22.7 Å². The number of aromatic nitrogens is 3. The molecule has 0 aliphatic rings. The summed E-state index contributed by atoms with van der Waals surface area (Å²) in [6.07, 6.45) is 0. The molecule has 0 atom stereocenters. The Morgan fingerprint density at radius 1 is 1.05 bits per heavy atom. The highest BCUT2D eigenvalue weighted by molar-refractivity contribution is 6.28. The van der Waals surface area contributed by atoms with Gasteiger partial charge in [0.1, 0.15) is 5.75 Å². The van der Waals surface area contributed by atoms with E-state index in [0.29, 0.717) is 5.75 Å². The number of rotatable bonds is 2. The van der Waals surface area contributed by atoms with Gasteiger partial charge in [0.2, 0.25) is 11.2 Å². The van der Waals surface area contributed by atoms with Crippen molar-refractivity contribution in [1.29, 1.82) is 0 Å². The van der Waals surface area contributed by atoms with Crippen LogP contribution in [0.25, 0.3) is 0 Å². The molecule has 0 saturated carbocycles. The van der Waals surface area contributed by atoms with Crippen LogP contribution < -0.4 is 10.5 Å². The standard InChI is InChI=1S/C13H15ClN4O/c1-13(2,3)8-4-6-9(7-5-8)19-12-17-10(14)16-11(15)18-12/h4-7H,1-3H3,(H2,15,16,17,18). The maximum atomic E-state index is 5.68. The van der Waals surface area contributed by atoms with Crippen LogP contribution in [-0.2, 0) is 5.41 Å². The summed E-state index contributed by atoms with van der Waals surface area (Å²) in [5.41, 5.74) is 6.78. The third kappa shape index (κ3) is 3.54. The maximum Gasteiger partial charge on any atom is 0.328 e. The number of halogens is 1. The molecule has 1 aromatic carbocycles. The molecule has 100 valence electrons. The molecule has 2 aromatic rings. The van der Waals surface area contributed by atoms with Crippen LogP contribution in [0.1, 0.15) is 26.3 Å². The Bertz CT molecular complexity index is 558. The van der Waals surface area contributed by atoms with Crippen molar-refractivity contribution in [2.45, 2.75) is 26.2 Å². The van der Waals surface area contributed by atoms with Crippen LogP contribution in [0.4, 0.5) is 5.95 Å². The summed E-state index contributed by atoms with van der Waals surface area (Å²) < 4.78 is 5.48. The largest absolute Gasteiger partial charge is 0.424 e. The Labute approximate surface area is 116 Å². The molecule has 2 rings (SSSR count). The van der Waals surface area contributed by atoms with Crippen LogP contribution in [-0.4, -0.2) is 15.0 Å². The number of hydrogen-bond acceptors (Lipinski definition) is 5. The lowest BCUT2D eigenvalue weighted by atomic mass is 9.87. The second kappa shape index (κ2) is 5.01. The molecular formula is C13H15ClN4O. The van der Waals surface area contributed by atoms with E-state index >= 15 is 0 Å². The smallest absolute Gasteiger partial charge is 0.328 e. The van der Waals surface area contributed by atoms with Crippen molar-refractivity contribution < 1.29 is 4.74 Å².